The molecule has 0 bridgehead atoms. The van der Waals surface area contributed by atoms with E-state index >= 15 is 0 Å². The molecule has 0 radical (unpaired) electrons. The molecule has 0 atom stereocenters. The second-order valence-corrected chi connectivity index (χ2v) is 5.45. The number of rotatable bonds is 6. The van der Waals surface area contributed by atoms with E-state index in [4.69, 9.17) is 4.52 Å². The van der Waals surface area contributed by atoms with E-state index < -0.39 is 0 Å². The Hall–Kier alpha value is -2.70. The first-order valence-electron chi connectivity index (χ1n) is 7.90. The van der Waals surface area contributed by atoms with Crippen molar-refractivity contribution in [1.82, 2.24) is 19.9 Å². The number of hydrogen-bond donors (Lipinski definition) is 0. The number of aromatic nitrogens is 2. The molecule has 1 heterocycles. The summed E-state index contributed by atoms with van der Waals surface area (Å²) in [6.07, 6.45) is 0. The minimum atomic E-state index is -0.205. The molecule has 7 heteroatoms. The molecule has 0 aliphatic carbocycles. The Morgan fingerprint density at radius 3 is 2.25 bits per heavy atom. The van der Waals surface area contributed by atoms with Gasteiger partial charge in [0.05, 0.1) is 6.54 Å². The first-order chi connectivity index (χ1) is 11.5. The van der Waals surface area contributed by atoms with Gasteiger partial charge in [-0.2, -0.15) is 4.98 Å². The van der Waals surface area contributed by atoms with Gasteiger partial charge in [0, 0.05) is 31.3 Å². The number of hydrogen-bond acceptors (Lipinski definition) is 5. The summed E-state index contributed by atoms with van der Waals surface area (Å²) in [5.74, 6) is 0.703. The van der Waals surface area contributed by atoms with Crippen LogP contribution in [0.2, 0.25) is 0 Å². The molecule has 0 aliphatic heterocycles. The van der Waals surface area contributed by atoms with Gasteiger partial charge in [0.2, 0.25) is 5.91 Å². The highest BCUT2D eigenvalue weighted by molar-refractivity contribution is 5.96. The molecule has 0 saturated heterocycles. The monoisotopic (exact) mass is 330 g/mol. The van der Waals surface area contributed by atoms with E-state index in [0.717, 1.165) is 5.56 Å². The lowest BCUT2D eigenvalue weighted by Gasteiger charge is -2.23. The molecule has 128 valence electrons. The maximum absolute atomic E-state index is 12.4. The quantitative estimate of drug-likeness (QED) is 0.809. The zero-order chi connectivity index (χ0) is 17.7. The SMILES string of the molecule is CCN(CC)C(=O)CN(C)C(=O)c1ccc(-c2nc(C)no2)cc1. The van der Waals surface area contributed by atoms with Crippen LogP contribution < -0.4 is 0 Å². The predicted molar refractivity (Wildman–Crippen MR) is 89.4 cm³/mol. The highest BCUT2D eigenvalue weighted by Gasteiger charge is 2.18. The molecule has 1 aromatic heterocycles. The molecule has 2 aromatic rings. The van der Waals surface area contributed by atoms with Crippen molar-refractivity contribution in [2.75, 3.05) is 26.7 Å². The summed E-state index contributed by atoms with van der Waals surface area (Å²) in [7, 11) is 1.62. The molecule has 1 aromatic carbocycles. The Morgan fingerprint density at radius 1 is 1.12 bits per heavy atom. The van der Waals surface area contributed by atoms with Gasteiger partial charge in [-0.05, 0) is 45.0 Å². The zero-order valence-electron chi connectivity index (χ0n) is 14.4. The van der Waals surface area contributed by atoms with Crippen LogP contribution in [0.15, 0.2) is 28.8 Å². The minimum Gasteiger partial charge on any atom is -0.342 e. The van der Waals surface area contributed by atoms with Gasteiger partial charge in [0.25, 0.3) is 11.8 Å². The summed E-state index contributed by atoms with van der Waals surface area (Å²) >= 11 is 0. The van der Waals surface area contributed by atoms with Crippen molar-refractivity contribution in [3.05, 3.63) is 35.7 Å². The van der Waals surface area contributed by atoms with Crippen molar-refractivity contribution >= 4 is 11.8 Å². The van der Waals surface area contributed by atoms with E-state index in [1.165, 1.54) is 4.90 Å². The van der Waals surface area contributed by atoms with Crippen LogP contribution in [0.25, 0.3) is 11.5 Å². The molecule has 7 nitrogen and oxygen atoms in total. The van der Waals surface area contributed by atoms with E-state index in [-0.39, 0.29) is 18.4 Å². The fourth-order valence-electron chi connectivity index (χ4n) is 2.34. The first kappa shape index (κ1) is 17.7. The summed E-state index contributed by atoms with van der Waals surface area (Å²) < 4.78 is 5.10. The summed E-state index contributed by atoms with van der Waals surface area (Å²) in [4.78, 5) is 31.8. The van der Waals surface area contributed by atoms with Gasteiger partial charge >= 0.3 is 0 Å². The topological polar surface area (TPSA) is 79.5 Å². The zero-order valence-corrected chi connectivity index (χ0v) is 14.4. The third-order valence-corrected chi connectivity index (χ3v) is 3.74. The van der Waals surface area contributed by atoms with Crippen molar-refractivity contribution in [2.45, 2.75) is 20.8 Å². The molecule has 0 saturated carbocycles. The Kier molecular flexibility index (Phi) is 5.68. The van der Waals surface area contributed by atoms with Crippen LogP contribution in [0.3, 0.4) is 0 Å². The second-order valence-electron chi connectivity index (χ2n) is 5.45. The van der Waals surface area contributed by atoms with Crippen LogP contribution >= 0.6 is 0 Å². The van der Waals surface area contributed by atoms with Crippen molar-refractivity contribution in [1.29, 1.82) is 0 Å². The van der Waals surface area contributed by atoms with Gasteiger partial charge in [0.15, 0.2) is 5.82 Å². The van der Waals surface area contributed by atoms with E-state index in [0.29, 0.717) is 30.4 Å². The average molecular weight is 330 g/mol. The summed E-state index contributed by atoms with van der Waals surface area (Å²) in [6, 6.07) is 6.88. The minimum absolute atomic E-state index is 0.0606. The molecule has 2 amide bonds. The van der Waals surface area contributed by atoms with Crippen LogP contribution in [0.5, 0.6) is 0 Å². The number of aryl methyl sites for hydroxylation is 1. The molecule has 0 unspecified atom stereocenters. The molecule has 0 fully saturated rings. The van der Waals surface area contributed by atoms with Gasteiger partial charge in [-0.25, -0.2) is 0 Å². The van der Waals surface area contributed by atoms with Crippen LogP contribution in [0, 0.1) is 6.92 Å². The van der Waals surface area contributed by atoms with Gasteiger partial charge in [-0.1, -0.05) is 5.16 Å². The number of carbonyl (C=O) groups excluding carboxylic acids is 2. The highest BCUT2D eigenvalue weighted by Crippen LogP contribution is 2.18. The third-order valence-electron chi connectivity index (χ3n) is 3.74. The van der Waals surface area contributed by atoms with Gasteiger partial charge < -0.3 is 14.3 Å². The number of likely N-dealkylation sites (N-methyl/N-ethyl adjacent to an activating group) is 2. The molecule has 0 aliphatic rings. The summed E-state index contributed by atoms with van der Waals surface area (Å²) in [6.45, 7) is 6.91. The Balaban J connectivity index is 2.05. The molecule has 0 N–H and O–H groups in total. The Labute approximate surface area is 141 Å². The number of carbonyl (C=O) groups is 2. The number of nitrogens with zero attached hydrogens (tertiary/aromatic N) is 4. The lowest BCUT2D eigenvalue weighted by atomic mass is 10.1. The largest absolute Gasteiger partial charge is 0.342 e. The Morgan fingerprint density at radius 2 is 1.75 bits per heavy atom. The maximum Gasteiger partial charge on any atom is 0.257 e. The van der Waals surface area contributed by atoms with Crippen LogP contribution in [-0.2, 0) is 4.79 Å². The van der Waals surface area contributed by atoms with Crippen LogP contribution in [0.1, 0.15) is 30.0 Å². The smallest absolute Gasteiger partial charge is 0.257 e. The number of amides is 2. The lowest BCUT2D eigenvalue weighted by molar-refractivity contribution is -0.131. The maximum atomic E-state index is 12.4. The second kappa shape index (κ2) is 7.72. The summed E-state index contributed by atoms with van der Waals surface area (Å²) in [5.41, 5.74) is 1.25. The molecule has 24 heavy (non-hydrogen) atoms. The van der Waals surface area contributed by atoms with Crippen molar-refractivity contribution in [3.8, 4) is 11.5 Å². The lowest BCUT2D eigenvalue weighted by Crippen LogP contribution is -2.41. The van der Waals surface area contributed by atoms with Gasteiger partial charge in [-0.15, -0.1) is 0 Å². The first-order valence-corrected chi connectivity index (χ1v) is 7.90. The third kappa shape index (κ3) is 3.98. The fraction of sp³-hybridized carbons (Fsp3) is 0.412. The van der Waals surface area contributed by atoms with E-state index in [9.17, 15) is 9.59 Å². The standard InChI is InChI=1S/C17H22N4O3/c1-5-21(6-2)15(22)11-20(4)17(23)14-9-7-13(8-10-14)16-18-12(3)19-24-16/h7-10H,5-6,11H2,1-4H3. The van der Waals surface area contributed by atoms with E-state index in [1.54, 1.807) is 43.1 Å². The molecule has 0 spiro atoms. The van der Waals surface area contributed by atoms with E-state index in [1.807, 2.05) is 13.8 Å². The Bertz CT molecular complexity index is 705. The van der Waals surface area contributed by atoms with Crippen LogP contribution in [0.4, 0.5) is 0 Å². The predicted octanol–water partition coefficient (Wildman–Crippen LogP) is 1.99. The van der Waals surface area contributed by atoms with Crippen LogP contribution in [-0.4, -0.2) is 58.4 Å². The highest BCUT2D eigenvalue weighted by atomic mass is 16.5. The molecular weight excluding hydrogens is 308 g/mol. The van der Waals surface area contributed by atoms with Crippen molar-refractivity contribution < 1.29 is 14.1 Å². The van der Waals surface area contributed by atoms with Crippen molar-refractivity contribution in [2.24, 2.45) is 0 Å². The average Bonchev–Trinajstić information content (AvgIpc) is 3.02. The van der Waals surface area contributed by atoms with Gasteiger partial charge in [-0.3, -0.25) is 9.59 Å². The van der Waals surface area contributed by atoms with E-state index in [2.05, 4.69) is 10.1 Å². The van der Waals surface area contributed by atoms with Crippen molar-refractivity contribution in [3.63, 3.8) is 0 Å². The molecular formula is C17H22N4O3. The summed E-state index contributed by atoms with van der Waals surface area (Å²) in [5, 5.41) is 3.74. The van der Waals surface area contributed by atoms with Gasteiger partial charge in [0.1, 0.15) is 0 Å². The normalized spacial score (nSPS) is 10.5. The fourth-order valence-corrected chi connectivity index (χ4v) is 2.34. The number of benzene rings is 1. The molecule has 2 rings (SSSR count).